The van der Waals surface area contributed by atoms with Gasteiger partial charge in [-0.2, -0.15) is 17.9 Å². The molecule has 11 heteroatoms. The third kappa shape index (κ3) is 7.00. The van der Waals surface area contributed by atoms with Crippen LogP contribution in [0.2, 0.25) is 0 Å². The molecular formula is C15H19F3N2O5S. The van der Waals surface area contributed by atoms with Crippen molar-refractivity contribution >= 4 is 21.9 Å². The van der Waals surface area contributed by atoms with E-state index < -0.39 is 45.6 Å². The Balaban J connectivity index is 3.00. The van der Waals surface area contributed by atoms with Crippen LogP contribution in [0.15, 0.2) is 29.2 Å². The molecule has 3 N–H and O–H groups in total. The van der Waals surface area contributed by atoms with Crippen molar-refractivity contribution in [3.8, 4) is 0 Å². The van der Waals surface area contributed by atoms with Crippen molar-refractivity contribution in [1.29, 1.82) is 0 Å². The predicted octanol–water partition coefficient (Wildman–Crippen LogP) is 1.76. The molecular weight excluding hydrogens is 377 g/mol. The van der Waals surface area contributed by atoms with E-state index in [4.69, 9.17) is 5.11 Å². The molecule has 1 rings (SSSR count). The number of carboxylic acids is 1. The molecule has 0 saturated carbocycles. The predicted molar refractivity (Wildman–Crippen MR) is 86.0 cm³/mol. The first-order valence-corrected chi connectivity index (χ1v) is 9.00. The van der Waals surface area contributed by atoms with Crippen LogP contribution in [0, 0.1) is 5.92 Å². The van der Waals surface area contributed by atoms with Crippen molar-refractivity contribution in [2.75, 3.05) is 6.54 Å². The Hall–Kier alpha value is -2.14. The molecule has 146 valence electrons. The summed E-state index contributed by atoms with van der Waals surface area (Å²) < 4.78 is 63.1. The maximum absolute atomic E-state index is 12.3. The highest BCUT2D eigenvalue weighted by Crippen LogP contribution is 2.16. The summed E-state index contributed by atoms with van der Waals surface area (Å²) in [5.41, 5.74) is -0.298. The molecule has 0 aliphatic heterocycles. The summed E-state index contributed by atoms with van der Waals surface area (Å²) in [5, 5.41) is 10.8. The lowest BCUT2D eigenvalue weighted by Crippen LogP contribution is -2.41. The van der Waals surface area contributed by atoms with Crippen LogP contribution in [0.1, 0.15) is 30.6 Å². The van der Waals surface area contributed by atoms with Gasteiger partial charge in [0.2, 0.25) is 10.0 Å². The van der Waals surface area contributed by atoms with Gasteiger partial charge in [-0.15, -0.1) is 0 Å². The molecule has 0 spiro atoms. The van der Waals surface area contributed by atoms with E-state index in [1.54, 1.807) is 19.2 Å². The first-order valence-electron chi connectivity index (χ1n) is 7.52. The average Bonchev–Trinajstić information content (AvgIpc) is 2.50. The molecule has 0 unspecified atom stereocenters. The fourth-order valence-electron chi connectivity index (χ4n) is 2.01. The highest BCUT2D eigenvalue weighted by Gasteiger charge is 2.29. The maximum atomic E-state index is 12.3. The third-order valence-electron chi connectivity index (χ3n) is 3.16. The Labute approximate surface area is 148 Å². The zero-order valence-corrected chi connectivity index (χ0v) is 14.8. The van der Waals surface area contributed by atoms with Crippen molar-refractivity contribution in [3.63, 3.8) is 0 Å². The van der Waals surface area contributed by atoms with Crippen molar-refractivity contribution in [3.05, 3.63) is 29.8 Å². The molecule has 0 saturated heterocycles. The quantitative estimate of drug-likeness (QED) is 0.620. The number of carbonyl (C=O) groups excluding carboxylic acids is 1. The monoisotopic (exact) mass is 396 g/mol. The lowest BCUT2D eigenvalue weighted by atomic mass is 10.1. The Bertz CT molecular complexity index is 763. The molecule has 1 aromatic rings. The molecule has 0 aromatic heterocycles. The number of amides is 1. The topological polar surface area (TPSA) is 113 Å². The first-order chi connectivity index (χ1) is 11.8. The number of carboxylic acid groups (broad SMARTS) is 1. The normalized spacial score (nSPS) is 13.5. The van der Waals surface area contributed by atoms with Crippen LogP contribution in [0.4, 0.5) is 13.2 Å². The van der Waals surface area contributed by atoms with E-state index in [0.29, 0.717) is 0 Å². The molecule has 0 aliphatic rings. The molecule has 0 aliphatic carbocycles. The summed E-state index contributed by atoms with van der Waals surface area (Å²) in [6.07, 6.45) is -4.56. The molecule has 0 radical (unpaired) electrons. The van der Waals surface area contributed by atoms with Gasteiger partial charge in [0, 0.05) is 5.56 Å². The van der Waals surface area contributed by atoms with Crippen LogP contribution in [0.25, 0.3) is 0 Å². The van der Waals surface area contributed by atoms with Crippen molar-refractivity contribution in [2.24, 2.45) is 5.92 Å². The van der Waals surface area contributed by atoms with E-state index in [-0.39, 0.29) is 17.9 Å². The fraction of sp³-hybridized carbons (Fsp3) is 0.467. The first kappa shape index (κ1) is 21.9. The number of rotatable bonds is 8. The number of alkyl halides is 3. The smallest absolute Gasteiger partial charge is 0.405 e. The van der Waals surface area contributed by atoms with Crippen LogP contribution in [-0.4, -0.2) is 44.2 Å². The van der Waals surface area contributed by atoms with E-state index >= 15 is 0 Å². The van der Waals surface area contributed by atoms with Crippen molar-refractivity contribution in [2.45, 2.75) is 37.4 Å². The van der Waals surface area contributed by atoms with Gasteiger partial charge < -0.3 is 10.4 Å². The van der Waals surface area contributed by atoms with Crippen LogP contribution in [0.3, 0.4) is 0 Å². The SMILES string of the molecule is CC(C)C[C@H](NS(=O)(=O)c1cccc(C(=O)NCC(F)(F)F)c1)C(=O)O. The summed E-state index contributed by atoms with van der Waals surface area (Å²) in [5.74, 6) is -2.56. The Morgan fingerprint density at radius 2 is 1.85 bits per heavy atom. The van der Waals surface area contributed by atoms with Gasteiger partial charge >= 0.3 is 12.1 Å². The third-order valence-corrected chi connectivity index (χ3v) is 4.63. The zero-order chi connectivity index (χ0) is 20.1. The second kappa shape index (κ2) is 8.49. The minimum atomic E-state index is -4.60. The number of hydrogen-bond acceptors (Lipinski definition) is 4. The van der Waals surface area contributed by atoms with Gasteiger partial charge in [-0.25, -0.2) is 8.42 Å². The Morgan fingerprint density at radius 1 is 1.23 bits per heavy atom. The van der Waals surface area contributed by atoms with Gasteiger partial charge in [0.1, 0.15) is 12.6 Å². The second-order valence-corrected chi connectivity index (χ2v) is 7.68. The molecule has 0 bridgehead atoms. The summed E-state index contributed by atoms with van der Waals surface area (Å²) in [4.78, 5) is 22.5. The number of aliphatic carboxylic acids is 1. The number of benzene rings is 1. The van der Waals surface area contributed by atoms with Crippen LogP contribution in [0.5, 0.6) is 0 Å². The van der Waals surface area contributed by atoms with E-state index in [2.05, 4.69) is 0 Å². The summed E-state index contributed by atoms with van der Waals surface area (Å²) in [7, 11) is -4.28. The lowest BCUT2D eigenvalue weighted by molar-refractivity contribution is -0.139. The van der Waals surface area contributed by atoms with Gasteiger partial charge in [-0.1, -0.05) is 19.9 Å². The highest BCUT2D eigenvalue weighted by molar-refractivity contribution is 7.89. The second-order valence-electron chi connectivity index (χ2n) is 5.97. The highest BCUT2D eigenvalue weighted by atomic mass is 32.2. The average molecular weight is 396 g/mol. The molecule has 7 nitrogen and oxygen atoms in total. The van der Waals surface area contributed by atoms with Gasteiger partial charge in [0.05, 0.1) is 4.90 Å². The summed E-state index contributed by atoms with van der Waals surface area (Å²) in [6, 6.07) is 2.94. The van der Waals surface area contributed by atoms with E-state index in [1.807, 2.05) is 4.72 Å². The minimum absolute atomic E-state index is 0.0420. The molecule has 0 heterocycles. The van der Waals surface area contributed by atoms with Crippen LogP contribution >= 0.6 is 0 Å². The zero-order valence-electron chi connectivity index (χ0n) is 14.0. The number of sulfonamides is 1. The van der Waals surface area contributed by atoms with Crippen molar-refractivity contribution < 1.29 is 36.3 Å². The molecule has 1 atom stereocenters. The number of nitrogens with one attached hydrogen (secondary N) is 2. The summed E-state index contributed by atoms with van der Waals surface area (Å²) in [6.45, 7) is 1.88. The van der Waals surface area contributed by atoms with Gasteiger partial charge in [0.25, 0.3) is 5.91 Å². The van der Waals surface area contributed by atoms with Gasteiger partial charge in [-0.05, 0) is 30.5 Å². The molecule has 26 heavy (non-hydrogen) atoms. The van der Waals surface area contributed by atoms with Crippen molar-refractivity contribution in [1.82, 2.24) is 10.0 Å². The lowest BCUT2D eigenvalue weighted by Gasteiger charge is -2.17. The summed E-state index contributed by atoms with van der Waals surface area (Å²) >= 11 is 0. The largest absolute Gasteiger partial charge is 0.480 e. The Kier molecular flexibility index (Phi) is 7.16. The minimum Gasteiger partial charge on any atom is -0.480 e. The standard InChI is InChI=1S/C15H19F3N2O5S/c1-9(2)6-12(14(22)23)20-26(24,25)11-5-3-4-10(7-11)13(21)19-8-15(16,17)18/h3-5,7,9,12,20H,6,8H2,1-2H3,(H,19,21)(H,22,23)/t12-/m0/s1. The number of carbonyl (C=O) groups is 2. The molecule has 1 amide bonds. The van der Waals surface area contributed by atoms with E-state index in [9.17, 15) is 31.2 Å². The Morgan fingerprint density at radius 3 is 2.35 bits per heavy atom. The number of halogens is 3. The van der Waals surface area contributed by atoms with E-state index in [0.717, 1.165) is 18.2 Å². The van der Waals surface area contributed by atoms with E-state index in [1.165, 1.54) is 6.07 Å². The molecule has 0 fully saturated rings. The van der Waals surface area contributed by atoms with Gasteiger partial charge in [-0.3, -0.25) is 9.59 Å². The molecule has 1 aromatic carbocycles. The van der Waals surface area contributed by atoms with Crippen LogP contribution < -0.4 is 10.0 Å². The van der Waals surface area contributed by atoms with Crippen LogP contribution in [-0.2, 0) is 14.8 Å². The number of hydrogen-bond donors (Lipinski definition) is 3. The maximum Gasteiger partial charge on any atom is 0.405 e. The fourth-order valence-corrected chi connectivity index (χ4v) is 3.26. The van der Waals surface area contributed by atoms with Gasteiger partial charge in [0.15, 0.2) is 0 Å².